The molecule has 23 heavy (non-hydrogen) atoms. The monoisotopic (exact) mass is 308 g/mol. The summed E-state index contributed by atoms with van der Waals surface area (Å²) in [6.45, 7) is 2.95. The maximum Gasteiger partial charge on any atom is 0.166 e. The summed E-state index contributed by atoms with van der Waals surface area (Å²) in [5.41, 5.74) is 3.27. The van der Waals surface area contributed by atoms with Gasteiger partial charge in [-0.05, 0) is 35.8 Å². The van der Waals surface area contributed by atoms with Gasteiger partial charge >= 0.3 is 0 Å². The molecule has 2 aromatic carbocycles. The standard InChI is InChI=1S/C21H24O2/c1-21(14-15-23-2)13-12-19(21)20(22)18-10-8-17(9-11-18)16-6-4-3-5-7-16/h3-11,19H,12-15H2,1-2H3. The predicted molar refractivity (Wildman–Crippen MR) is 93.5 cm³/mol. The molecule has 120 valence electrons. The first-order valence-corrected chi connectivity index (χ1v) is 8.33. The van der Waals surface area contributed by atoms with Gasteiger partial charge in [0.25, 0.3) is 0 Å². The zero-order chi connectivity index (χ0) is 16.3. The molecule has 1 aliphatic carbocycles. The Morgan fingerprint density at radius 1 is 1.09 bits per heavy atom. The van der Waals surface area contributed by atoms with Crippen LogP contribution < -0.4 is 0 Å². The van der Waals surface area contributed by atoms with E-state index in [-0.39, 0.29) is 17.1 Å². The van der Waals surface area contributed by atoms with Gasteiger partial charge in [0, 0.05) is 25.2 Å². The lowest BCUT2D eigenvalue weighted by molar-refractivity contribution is 0.0175. The number of carbonyl (C=O) groups excluding carboxylic acids is 1. The third-order valence-electron chi connectivity index (χ3n) is 5.32. The molecular formula is C21H24O2. The number of Topliss-reactive ketones (excluding diaryl/α,β-unsaturated/α-hetero) is 1. The van der Waals surface area contributed by atoms with Crippen molar-refractivity contribution in [3.05, 3.63) is 60.2 Å². The van der Waals surface area contributed by atoms with Crippen molar-refractivity contribution in [1.29, 1.82) is 0 Å². The average Bonchev–Trinajstić information content (AvgIpc) is 2.59. The van der Waals surface area contributed by atoms with E-state index < -0.39 is 0 Å². The maximum atomic E-state index is 12.8. The SMILES string of the molecule is COCCC1(C)CCC1C(=O)c1ccc(-c2ccccc2)cc1. The molecule has 0 heterocycles. The average molecular weight is 308 g/mol. The van der Waals surface area contributed by atoms with Crippen LogP contribution in [0.1, 0.15) is 36.5 Å². The van der Waals surface area contributed by atoms with Crippen molar-refractivity contribution in [2.24, 2.45) is 11.3 Å². The van der Waals surface area contributed by atoms with Gasteiger partial charge < -0.3 is 4.74 Å². The molecule has 2 unspecified atom stereocenters. The van der Waals surface area contributed by atoms with Gasteiger partial charge in [0.1, 0.15) is 0 Å². The van der Waals surface area contributed by atoms with Crippen molar-refractivity contribution in [2.45, 2.75) is 26.2 Å². The highest BCUT2D eigenvalue weighted by molar-refractivity contribution is 5.99. The summed E-state index contributed by atoms with van der Waals surface area (Å²) in [6.07, 6.45) is 3.08. The molecule has 1 saturated carbocycles. The summed E-state index contributed by atoms with van der Waals surface area (Å²) in [5, 5.41) is 0. The summed E-state index contributed by atoms with van der Waals surface area (Å²) >= 11 is 0. The molecule has 3 rings (SSSR count). The molecule has 0 aliphatic heterocycles. The first kappa shape index (κ1) is 15.9. The van der Waals surface area contributed by atoms with Crippen LogP contribution in [0.15, 0.2) is 54.6 Å². The first-order valence-electron chi connectivity index (χ1n) is 8.33. The van der Waals surface area contributed by atoms with Gasteiger partial charge in [-0.3, -0.25) is 4.79 Å². The summed E-state index contributed by atoms with van der Waals surface area (Å²) in [5.74, 6) is 0.426. The van der Waals surface area contributed by atoms with E-state index in [0.717, 1.165) is 37.0 Å². The Balaban J connectivity index is 1.73. The number of carbonyl (C=O) groups is 1. The molecule has 0 aromatic heterocycles. The zero-order valence-electron chi connectivity index (χ0n) is 13.9. The third kappa shape index (κ3) is 3.23. The van der Waals surface area contributed by atoms with Gasteiger partial charge in [-0.2, -0.15) is 0 Å². The lowest BCUT2D eigenvalue weighted by Crippen LogP contribution is -2.43. The maximum absolute atomic E-state index is 12.8. The number of ether oxygens (including phenoxy) is 1. The van der Waals surface area contributed by atoms with Crippen LogP contribution >= 0.6 is 0 Å². The number of hydrogen-bond acceptors (Lipinski definition) is 2. The molecule has 1 aliphatic rings. The second-order valence-corrected chi connectivity index (χ2v) is 6.80. The highest BCUT2D eigenvalue weighted by atomic mass is 16.5. The molecule has 2 heteroatoms. The van der Waals surface area contributed by atoms with Gasteiger partial charge in [-0.1, -0.05) is 61.5 Å². The Bertz CT molecular complexity index is 660. The smallest absolute Gasteiger partial charge is 0.166 e. The molecule has 0 amide bonds. The summed E-state index contributed by atoms with van der Waals surface area (Å²) < 4.78 is 5.20. The first-order chi connectivity index (χ1) is 11.1. The number of benzene rings is 2. The van der Waals surface area contributed by atoms with Gasteiger partial charge in [-0.25, -0.2) is 0 Å². The number of rotatable bonds is 6. The Kier molecular flexibility index (Phi) is 4.63. The fourth-order valence-electron chi connectivity index (χ4n) is 3.52. The van der Waals surface area contributed by atoms with Crippen LogP contribution in [0.2, 0.25) is 0 Å². The number of hydrogen-bond donors (Lipinski definition) is 0. The van der Waals surface area contributed by atoms with Crippen molar-refractivity contribution in [2.75, 3.05) is 13.7 Å². The predicted octanol–water partition coefficient (Wildman–Crippen LogP) is 4.99. The van der Waals surface area contributed by atoms with Crippen LogP contribution in [-0.2, 0) is 4.74 Å². The Morgan fingerprint density at radius 3 is 2.30 bits per heavy atom. The Morgan fingerprint density at radius 2 is 1.74 bits per heavy atom. The fraction of sp³-hybridized carbons (Fsp3) is 0.381. The van der Waals surface area contributed by atoms with Gasteiger partial charge in [0.05, 0.1) is 0 Å². The van der Waals surface area contributed by atoms with Crippen molar-refractivity contribution in [3.63, 3.8) is 0 Å². The Labute approximate surface area is 138 Å². The van der Waals surface area contributed by atoms with E-state index in [1.807, 2.05) is 42.5 Å². The highest BCUT2D eigenvalue weighted by Crippen LogP contribution is 2.50. The van der Waals surface area contributed by atoms with Gasteiger partial charge in [0.2, 0.25) is 0 Å². The van der Waals surface area contributed by atoms with E-state index in [2.05, 4.69) is 19.1 Å². The minimum absolute atomic E-state index is 0.102. The molecule has 0 spiro atoms. The topological polar surface area (TPSA) is 26.3 Å². The minimum atomic E-state index is 0.102. The van der Waals surface area contributed by atoms with Gasteiger partial charge in [-0.15, -0.1) is 0 Å². The molecule has 1 fully saturated rings. The van der Waals surface area contributed by atoms with Crippen LogP contribution in [0.25, 0.3) is 11.1 Å². The van der Waals surface area contributed by atoms with E-state index in [9.17, 15) is 4.79 Å². The minimum Gasteiger partial charge on any atom is -0.385 e. The van der Waals surface area contributed by atoms with E-state index in [1.165, 1.54) is 5.56 Å². The quantitative estimate of drug-likeness (QED) is 0.703. The lowest BCUT2D eigenvalue weighted by atomic mass is 9.57. The second-order valence-electron chi connectivity index (χ2n) is 6.80. The molecule has 0 saturated heterocycles. The fourth-order valence-corrected chi connectivity index (χ4v) is 3.52. The van der Waals surface area contributed by atoms with Crippen molar-refractivity contribution in [1.82, 2.24) is 0 Å². The molecule has 0 bridgehead atoms. The largest absolute Gasteiger partial charge is 0.385 e. The Hall–Kier alpha value is -1.93. The van der Waals surface area contributed by atoms with Crippen LogP contribution in [0.3, 0.4) is 0 Å². The normalized spacial score (nSPS) is 23.3. The zero-order valence-corrected chi connectivity index (χ0v) is 13.9. The van der Waals surface area contributed by atoms with Crippen LogP contribution in [-0.4, -0.2) is 19.5 Å². The van der Waals surface area contributed by atoms with E-state index in [0.29, 0.717) is 0 Å². The van der Waals surface area contributed by atoms with Crippen LogP contribution in [0.5, 0.6) is 0 Å². The molecule has 2 aromatic rings. The third-order valence-corrected chi connectivity index (χ3v) is 5.32. The number of ketones is 1. The van der Waals surface area contributed by atoms with Crippen molar-refractivity contribution < 1.29 is 9.53 Å². The summed E-state index contributed by atoms with van der Waals surface area (Å²) in [4.78, 5) is 12.8. The van der Waals surface area contributed by atoms with Crippen molar-refractivity contribution in [3.8, 4) is 11.1 Å². The summed E-state index contributed by atoms with van der Waals surface area (Å²) in [7, 11) is 1.72. The lowest BCUT2D eigenvalue weighted by Gasteiger charge is -2.46. The second kappa shape index (κ2) is 6.67. The molecule has 0 N–H and O–H groups in total. The van der Waals surface area contributed by atoms with E-state index >= 15 is 0 Å². The summed E-state index contributed by atoms with van der Waals surface area (Å²) in [6, 6.07) is 18.3. The van der Waals surface area contributed by atoms with Crippen LogP contribution in [0.4, 0.5) is 0 Å². The number of methoxy groups -OCH3 is 1. The van der Waals surface area contributed by atoms with Crippen molar-refractivity contribution >= 4 is 5.78 Å². The molecular weight excluding hydrogens is 284 g/mol. The van der Waals surface area contributed by atoms with Gasteiger partial charge in [0.15, 0.2) is 5.78 Å². The molecule has 0 radical (unpaired) electrons. The van der Waals surface area contributed by atoms with E-state index in [4.69, 9.17) is 4.74 Å². The molecule has 2 nitrogen and oxygen atoms in total. The molecule has 2 atom stereocenters. The van der Waals surface area contributed by atoms with Crippen LogP contribution in [0, 0.1) is 11.3 Å². The highest BCUT2D eigenvalue weighted by Gasteiger charge is 2.46. The van der Waals surface area contributed by atoms with E-state index in [1.54, 1.807) is 7.11 Å².